The summed E-state index contributed by atoms with van der Waals surface area (Å²) in [6, 6.07) is 0. The Morgan fingerprint density at radius 2 is 1.88 bits per heavy atom. The average Bonchev–Trinajstić information content (AvgIpc) is 2.40. The third-order valence-corrected chi connectivity index (χ3v) is 3.44. The van der Waals surface area contributed by atoms with Crippen LogP contribution >= 0.6 is 11.3 Å². The molecule has 3 nitrogen and oxygen atoms in total. The highest BCUT2D eigenvalue weighted by molar-refractivity contribution is 7.16. The molecule has 0 radical (unpaired) electrons. The fourth-order valence-electron chi connectivity index (χ4n) is 1.38. The van der Waals surface area contributed by atoms with E-state index in [1.54, 1.807) is 11.3 Å². The zero-order chi connectivity index (χ0) is 12.5. The monoisotopic (exact) mass is 241 g/mol. The largest absolute Gasteiger partial charge is 0.456 e. The summed E-state index contributed by atoms with van der Waals surface area (Å²) in [6.45, 7) is 9.58. The van der Waals surface area contributed by atoms with Crippen LogP contribution in [0.25, 0.3) is 0 Å². The number of esters is 1. The molecule has 1 aromatic heterocycles. The van der Waals surface area contributed by atoms with E-state index in [9.17, 15) is 4.79 Å². The van der Waals surface area contributed by atoms with Gasteiger partial charge in [0.05, 0.1) is 5.56 Å². The van der Waals surface area contributed by atoms with Crippen molar-refractivity contribution >= 4 is 22.3 Å². The highest BCUT2D eigenvalue weighted by Crippen LogP contribution is 2.33. The molecule has 1 heterocycles. The van der Waals surface area contributed by atoms with Gasteiger partial charge in [-0.25, -0.2) is 4.79 Å². The van der Waals surface area contributed by atoms with Crippen molar-refractivity contribution < 1.29 is 9.53 Å². The molecule has 0 aliphatic carbocycles. The smallest absolute Gasteiger partial charge is 0.341 e. The van der Waals surface area contributed by atoms with E-state index in [4.69, 9.17) is 4.74 Å². The SMILES string of the molecule is CNc1sc(C)c(C)c1C(=O)OC(C)(C)C. The standard InChI is InChI=1S/C12H19NO2S/c1-7-8(2)16-10(13-6)9(7)11(14)15-12(3,4)5/h13H,1-6H3. The second-order valence-electron chi connectivity index (χ2n) is 4.74. The molecule has 4 heteroatoms. The lowest BCUT2D eigenvalue weighted by Gasteiger charge is -2.20. The van der Waals surface area contributed by atoms with E-state index < -0.39 is 5.60 Å². The summed E-state index contributed by atoms with van der Waals surface area (Å²) in [5, 5.41) is 3.92. The maximum absolute atomic E-state index is 12.0. The number of carbonyl (C=O) groups is 1. The molecule has 0 spiro atoms. The molecule has 0 aromatic carbocycles. The molecule has 0 aliphatic rings. The van der Waals surface area contributed by atoms with Gasteiger partial charge >= 0.3 is 5.97 Å². The predicted molar refractivity (Wildman–Crippen MR) is 68.5 cm³/mol. The normalized spacial score (nSPS) is 11.4. The van der Waals surface area contributed by atoms with Crippen LogP contribution in [-0.2, 0) is 4.74 Å². The lowest BCUT2D eigenvalue weighted by atomic mass is 10.1. The van der Waals surface area contributed by atoms with Crippen molar-refractivity contribution in [1.82, 2.24) is 0 Å². The number of ether oxygens (including phenoxy) is 1. The van der Waals surface area contributed by atoms with E-state index in [0.717, 1.165) is 15.4 Å². The van der Waals surface area contributed by atoms with E-state index in [1.165, 1.54) is 0 Å². The lowest BCUT2D eigenvalue weighted by Crippen LogP contribution is -2.24. The van der Waals surface area contributed by atoms with Crippen LogP contribution in [0.3, 0.4) is 0 Å². The molecule has 1 rings (SSSR count). The Bertz CT molecular complexity index is 402. The van der Waals surface area contributed by atoms with E-state index in [2.05, 4.69) is 5.32 Å². The molecule has 0 aliphatic heterocycles. The van der Waals surface area contributed by atoms with Gasteiger partial charge in [-0.15, -0.1) is 11.3 Å². The van der Waals surface area contributed by atoms with Gasteiger partial charge in [-0.05, 0) is 40.2 Å². The Morgan fingerprint density at radius 1 is 1.31 bits per heavy atom. The van der Waals surface area contributed by atoms with Gasteiger partial charge in [0.15, 0.2) is 0 Å². The van der Waals surface area contributed by atoms with Crippen molar-refractivity contribution in [3.63, 3.8) is 0 Å². The van der Waals surface area contributed by atoms with Gasteiger partial charge in [-0.1, -0.05) is 0 Å². The highest BCUT2D eigenvalue weighted by Gasteiger charge is 2.24. The van der Waals surface area contributed by atoms with Crippen molar-refractivity contribution in [2.24, 2.45) is 0 Å². The summed E-state index contributed by atoms with van der Waals surface area (Å²) in [4.78, 5) is 13.2. The third kappa shape index (κ3) is 2.76. The average molecular weight is 241 g/mol. The van der Waals surface area contributed by atoms with Crippen molar-refractivity contribution in [1.29, 1.82) is 0 Å². The summed E-state index contributed by atoms with van der Waals surface area (Å²) >= 11 is 1.58. The minimum atomic E-state index is -0.454. The first-order valence-electron chi connectivity index (χ1n) is 5.27. The van der Waals surface area contributed by atoms with E-state index in [-0.39, 0.29) is 5.97 Å². The van der Waals surface area contributed by atoms with E-state index in [1.807, 2.05) is 41.7 Å². The molecule has 16 heavy (non-hydrogen) atoms. The molecule has 0 saturated heterocycles. The van der Waals surface area contributed by atoms with Crippen LogP contribution in [0, 0.1) is 13.8 Å². The van der Waals surface area contributed by atoms with Gasteiger partial charge in [0.25, 0.3) is 0 Å². The molecule has 0 bridgehead atoms. The topological polar surface area (TPSA) is 38.3 Å². The number of hydrogen-bond donors (Lipinski definition) is 1. The second-order valence-corrected chi connectivity index (χ2v) is 5.96. The second kappa shape index (κ2) is 4.45. The maximum Gasteiger partial charge on any atom is 0.341 e. The van der Waals surface area contributed by atoms with Crippen molar-refractivity contribution in [3.8, 4) is 0 Å². The molecule has 1 N–H and O–H groups in total. The molecular formula is C12H19NO2S. The van der Waals surface area contributed by atoms with Crippen LogP contribution in [0.2, 0.25) is 0 Å². The number of aryl methyl sites for hydroxylation is 1. The Morgan fingerprint density at radius 3 is 2.31 bits per heavy atom. The Hall–Kier alpha value is -1.03. The van der Waals surface area contributed by atoms with Gasteiger partial charge in [-0.2, -0.15) is 0 Å². The van der Waals surface area contributed by atoms with Gasteiger partial charge in [0.2, 0.25) is 0 Å². The van der Waals surface area contributed by atoms with Crippen LogP contribution in [0.4, 0.5) is 5.00 Å². The summed E-state index contributed by atoms with van der Waals surface area (Å²) in [5.41, 5.74) is 1.22. The Labute approximate surface area is 101 Å². The zero-order valence-electron chi connectivity index (χ0n) is 10.7. The van der Waals surface area contributed by atoms with Crippen LogP contribution < -0.4 is 5.32 Å². The van der Waals surface area contributed by atoms with Crippen molar-refractivity contribution in [2.45, 2.75) is 40.2 Å². The summed E-state index contributed by atoms with van der Waals surface area (Å²) in [7, 11) is 1.82. The fourth-order valence-corrected chi connectivity index (χ4v) is 2.38. The van der Waals surface area contributed by atoms with Crippen LogP contribution in [0.5, 0.6) is 0 Å². The quantitative estimate of drug-likeness (QED) is 0.807. The predicted octanol–water partition coefficient (Wildman–Crippen LogP) is 3.36. The number of nitrogens with one attached hydrogen (secondary N) is 1. The van der Waals surface area contributed by atoms with Gasteiger partial charge < -0.3 is 10.1 Å². The first-order chi connectivity index (χ1) is 7.26. The van der Waals surface area contributed by atoms with E-state index >= 15 is 0 Å². The van der Waals surface area contributed by atoms with Crippen LogP contribution in [0.15, 0.2) is 0 Å². The molecular weight excluding hydrogens is 222 g/mol. The minimum absolute atomic E-state index is 0.251. The number of anilines is 1. The molecule has 1 aromatic rings. The number of rotatable bonds is 2. The van der Waals surface area contributed by atoms with Crippen LogP contribution in [0.1, 0.15) is 41.6 Å². The van der Waals surface area contributed by atoms with Crippen molar-refractivity contribution in [2.75, 3.05) is 12.4 Å². The number of hydrogen-bond acceptors (Lipinski definition) is 4. The van der Waals surface area contributed by atoms with Crippen LogP contribution in [-0.4, -0.2) is 18.6 Å². The fraction of sp³-hybridized carbons (Fsp3) is 0.583. The molecule has 0 amide bonds. The number of thiophene rings is 1. The van der Waals surface area contributed by atoms with Gasteiger partial charge in [0, 0.05) is 11.9 Å². The minimum Gasteiger partial charge on any atom is -0.456 e. The first kappa shape index (κ1) is 13.0. The van der Waals surface area contributed by atoms with Gasteiger partial charge in [-0.3, -0.25) is 0 Å². The highest BCUT2D eigenvalue weighted by atomic mass is 32.1. The summed E-state index contributed by atoms with van der Waals surface area (Å²) in [6.07, 6.45) is 0. The van der Waals surface area contributed by atoms with Gasteiger partial charge in [0.1, 0.15) is 10.6 Å². The number of carbonyl (C=O) groups excluding carboxylic acids is 1. The molecule has 0 atom stereocenters. The maximum atomic E-state index is 12.0. The Kier molecular flexibility index (Phi) is 3.63. The zero-order valence-corrected chi connectivity index (χ0v) is 11.5. The van der Waals surface area contributed by atoms with Crippen molar-refractivity contribution in [3.05, 3.63) is 16.0 Å². The molecule has 0 saturated carbocycles. The third-order valence-electron chi connectivity index (χ3n) is 2.22. The van der Waals surface area contributed by atoms with E-state index in [0.29, 0.717) is 5.56 Å². The molecule has 90 valence electrons. The Balaban J connectivity index is 3.08. The lowest BCUT2D eigenvalue weighted by molar-refractivity contribution is 0.00704. The molecule has 0 unspecified atom stereocenters. The summed E-state index contributed by atoms with van der Waals surface area (Å²) in [5.74, 6) is -0.251. The molecule has 0 fully saturated rings. The summed E-state index contributed by atoms with van der Waals surface area (Å²) < 4.78 is 5.39. The first-order valence-corrected chi connectivity index (χ1v) is 6.09.